The number of urea groups is 1. The summed E-state index contributed by atoms with van der Waals surface area (Å²) in [6.45, 7) is 4.19. The first-order chi connectivity index (χ1) is 11.9. The second kappa shape index (κ2) is 11.2. The van der Waals surface area contributed by atoms with Crippen LogP contribution in [0.5, 0.6) is 0 Å². The highest BCUT2D eigenvalue weighted by Gasteiger charge is 2.10. The number of hydrogen-bond acceptors (Lipinski definition) is 9. The standard InChI is InChI=1S/C14H28N8O3/c1-4-16-14(25)18-8-17-12-20-11(15-3)21-13(22-12)19-10(24)7-5-6-9(2)23/h9-10,23-24H,4-8H2,1-3H3,(H2,16,18,25)(H3,15,17,19,20,21,22). The maximum Gasteiger partial charge on any atom is 0.316 e. The lowest BCUT2D eigenvalue weighted by Crippen LogP contribution is -2.38. The van der Waals surface area contributed by atoms with Crippen LogP contribution in [0.4, 0.5) is 22.6 Å². The number of nitrogens with zero attached hydrogens (tertiary/aromatic N) is 3. The summed E-state index contributed by atoms with van der Waals surface area (Å²) >= 11 is 0. The van der Waals surface area contributed by atoms with Crippen molar-refractivity contribution in [2.45, 2.75) is 45.4 Å². The first-order valence-electron chi connectivity index (χ1n) is 8.26. The van der Waals surface area contributed by atoms with Gasteiger partial charge >= 0.3 is 6.03 Å². The first-order valence-corrected chi connectivity index (χ1v) is 8.26. The van der Waals surface area contributed by atoms with Gasteiger partial charge < -0.3 is 36.8 Å². The molecular formula is C14H28N8O3. The molecule has 0 bridgehead atoms. The zero-order chi connectivity index (χ0) is 18.7. The second-order valence-electron chi connectivity index (χ2n) is 5.39. The Morgan fingerprint density at radius 2 is 1.76 bits per heavy atom. The van der Waals surface area contributed by atoms with E-state index in [4.69, 9.17) is 0 Å². The van der Waals surface area contributed by atoms with Crippen molar-refractivity contribution in [3.05, 3.63) is 0 Å². The maximum absolute atomic E-state index is 11.3. The van der Waals surface area contributed by atoms with Gasteiger partial charge in [0.25, 0.3) is 0 Å². The minimum atomic E-state index is -0.841. The van der Waals surface area contributed by atoms with Crippen LogP contribution in [0.1, 0.15) is 33.1 Å². The monoisotopic (exact) mass is 356 g/mol. The van der Waals surface area contributed by atoms with E-state index in [9.17, 15) is 15.0 Å². The molecule has 0 aliphatic carbocycles. The molecule has 1 heterocycles. The largest absolute Gasteiger partial charge is 0.393 e. The van der Waals surface area contributed by atoms with Crippen LogP contribution in [0.3, 0.4) is 0 Å². The normalized spacial score (nSPS) is 12.8. The summed E-state index contributed by atoms with van der Waals surface area (Å²) in [5.74, 6) is 0.758. The summed E-state index contributed by atoms with van der Waals surface area (Å²) < 4.78 is 0. The number of amides is 2. The smallest absolute Gasteiger partial charge is 0.316 e. The molecule has 0 fully saturated rings. The average molecular weight is 356 g/mol. The van der Waals surface area contributed by atoms with Gasteiger partial charge in [-0.05, 0) is 33.1 Å². The van der Waals surface area contributed by atoms with Crippen LogP contribution in [0.2, 0.25) is 0 Å². The summed E-state index contributed by atoms with van der Waals surface area (Å²) in [7, 11) is 1.66. The molecule has 0 radical (unpaired) electrons. The predicted octanol–water partition coefficient (Wildman–Crippen LogP) is -0.117. The van der Waals surface area contributed by atoms with Gasteiger partial charge in [-0.2, -0.15) is 15.0 Å². The highest BCUT2D eigenvalue weighted by atomic mass is 16.3. The SMILES string of the molecule is CCNC(=O)NCNc1nc(NC)nc(NC(O)CCCC(C)O)n1. The molecule has 142 valence electrons. The number of carbonyl (C=O) groups is 1. The number of aromatic nitrogens is 3. The highest BCUT2D eigenvalue weighted by Crippen LogP contribution is 2.11. The Morgan fingerprint density at radius 1 is 1.08 bits per heavy atom. The predicted molar refractivity (Wildman–Crippen MR) is 95.2 cm³/mol. The van der Waals surface area contributed by atoms with Gasteiger partial charge in [-0.15, -0.1) is 0 Å². The first kappa shape index (κ1) is 20.6. The van der Waals surface area contributed by atoms with E-state index in [1.165, 1.54) is 0 Å². The molecule has 0 aromatic carbocycles. The minimum Gasteiger partial charge on any atom is -0.393 e. The van der Waals surface area contributed by atoms with Gasteiger partial charge in [-0.25, -0.2) is 4.79 Å². The van der Waals surface area contributed by atoms with E-state index in [-0.39, 0.29) is 24.6 Å². The molecule has 1 rings (SSSR count). The molecule has 0 spiro atoms. The molecule has 2 atom stereocenters. The van der Waals surface area contributed by atoms with Crippen LogP contribution in [-0.2, 0) is 0 Å². The van der Waals surface area contributed by atoms with Crippen LogP contribution in [0, 0.1) is 0 Å². The van der Waals surface area contributed by atoms with Crippen LogP contribution in [0.15, 0.2) is 0 Å². The lowest BCUT2D eigenvalue weighted by Gasteiger charge is -2.15. The fourth-order valence-corrected chi connectivity index (χ4v) is 1.89. The van der Waals surface area contributed by atoms with Crippen molar-refractivity contribution in [3.8, 4) is 0 Å². The third kappa shape index (κ3) is 8.86. The highest BCUT2D eigenvalue weighted by molar-refractivity contribution is 5.73. The van der Waals surface area contributed by atoms with E-state index in [1.54, 1.807) is 14.0 Å². The number of rotatable bonds is 11. The maximum atomic E-state index is 11.3. The molecular weight excluding hydrogens is 328 g/mol. The van der Waals surface area contributed by atoms with Gasteiger partial charge in [0.05, 0.1) is 12.8 Å². The molecule has 1 aromatic heterocycles. The molecule has 0 aliphatic heterocycles. The van der Waals surface area contributed by atoms with Crippen molar-refractivity contribution in [2.75, 3.05) is 36.2 Å². The average Bonchev–Trinajstić information content (AvgIpc) is 2.54. The number of aliphatic hydroxyl groups excluding tert-OH is 2. The van der Waals surface area contributed by atoms with Crippen LogP contribution >= 0.6 is 0 Å². The number of anilines is 3. The summed E-state index contributed by atoms with van der Waals surface area (Å²) in [4.78, 5) is 23.7. The summed E-state index contributed by atoms with van der Waals surface area (Å²) in [5.41, 5.74) is 0. The summed E-state index contributed by atoms with van der Waals surface area (Å²) in [5, 5.41) is 32.8. The van der Waals surface area contributed by atoms with Gasteiger partial charge in [-0.1, -0.05) is 0 Å². The lowest BCUT2D eigenvalue weighted by molar-refractivity contribution is 0.157. The quantitative estimate of drug-likeness (QED) is 0.269. The zero-order valence-electron chi connectivity index (χ0n) is 14.8. The van der Waals surface area contributed by atoms with Gasteiger partial charge in [0.2, 0.25) is 17.8 Å². The molecule has 1 aromatic rings. The van der Waals surface area contributed by atoms with E-state index >= 15 is 0 Å². The van der Waals surface area contributed by atoms with Crippen LogP contribution in [-0.4, -0.2) is 63.8 Å². The minimum absolute atomic E-state index is 0.134. The third-order valence-corrected chi connectivity index (χ3v) is 3.09. The Balaban J connectivity index is 2.57. The molecule has 11 nitrogen and oxygen atoms in total. The van der Waals surface area contributed by atoms with Crippen LogP contribution in [0.25, 0.3) is 0 Å². The number of carbonyl (C=O) groups excluding carboxylic acids is 1. The Morgan fingerprint density at radius 3 is 2.40 bits per heavy atom. The van der Waals surface area contributed by atoms with Crippen molar-refractivity contribution >= 4 is 23.9 Å². The molecule has 0 saturated heterocycles. The van der Waals surface area contributed by atoms with E-state index in [0.717, 1.165) is 0 Å². The summed E-state index contributed by atoms with van der Waals surface area (Å²) in [6, 6.07) is -0.301. The van der Waals surface area contributed by atoms with Crippen molar-refractivity contribution in [2.24, 2.45) is 0 Å². The molecule has 11 heteroatoms. The molecule has 2 unspecified atom stereocenters. The van der Waals surface area contributed by atoms with E-state index in [1.807, 2.05) is 6.92 Å². The van der Waals surface area contributed by atoms with E-state index in [0.29, 0.717) is 31.8 Å². The number of aliphatic hydroxyl groups is 2. The van der Waals surface area contributed by atoms with E-state index < -0.39 is 12.3 Å². The molecule has 7 N–H and O–H groups in total. The summed E-state index contributed by atoms with van der Waals surface area (Å²) in [6.07, 6.45) is 0.487. The second-order valence-corrected chi connectivity index (χ2v) is 5.39. The van der Waals surface area contributed by atoms with Crippen LogP contribution < -0.4 is 26.6 Å². The van der Waals surface area contributed by atoms with Gasteiger partial charge in [0, 0.05) is 13.6 Å². The van der Waals surface area contributed by atoms with Crippen molar-refractivity contribution < 1.29 is 15.0 Å². The molecule has 0 aliphatic rings. The van der Waals surface area contributed by atoms with Gasteiger partial charge in [0.15, 0.2) is 0 Å². The van der Waals surface area contributed by atoms with Gasteiger partial charge in [0.1, 0.15) is 6.23 Å². The Kier molecular flexibility index (Phi) is 9.25. The molecule has 25 heavy (non-hydrogen) atoms. The Hall–Kier alpha value is -2.40. The Bertz CT molecular complexity index is 529. The number of nitrogens with one attached hydrogen (secondary N) is 5. The van der Waals surface area contributed by atoms with Crippen molar-refractivity contribution in [1.82, 2.24) is 25.6 Å². The van der Waals surface area contributed by atoms with E-state index in [2.05, 4.69) is 41.5 Å². The third-order valence-electron chi connectivity index (χ3n) is 3.09. The van der Waals surface area contributed by atoms with Crippen molar-refractivity contribution in [3.63, 3.8) is 0 Å². The number of hydrogen-bond donors (Lipinski definition) is 7. The fourth-order valence-electron chi connectivity index (χ4n) is 1.89. The Labute approximate surface area is 147 Å². The van der Waals surface area contributed by atoms with Crippen molar-refractivity contribution in [1.29, 1.82) is 0 Å². The fraction of sp³-hybridized carbons (Fsp3) is 0.714. The zero-order valence-corrected chi connectivity index (χ0v) is 14.8. The lowest BCUT2D eigenvalue weighted by atomic mass is 10.1. The van der Waals surface area contributed by atoms with Gasteiger partial charge in [-0.3, -0.25) is 0 Å². The topological polar surface area (TPSA) is 156 Å². The molecule has 2 amide bonds. The molecule has 0 saturated carbocycles.